The zero-order chi connectivity index (χ0) is 21.8. The third kappa shape index (κ3) is 4.41. The third-order valence-corrected chi connectivity index (χ3v) is 5.51. The van der Waals surface area contributed by atoms with Gasteiger partial charge in [0.1, 0.15) is 5.75 Å². The fourth-order valence-corrected chi connectivity index (χ4v) is 3.79. The Labute approximate surface area is 185 Å². The maximum atomic E-state index is 10.3. The highest BCUT2D eigenvalue weighted by Gasteiger charge is 2.20. The molecule has 10 nitrogen and oxygen atoms in total. The zero-order valence-electron chi connectivity index (χ0n) is 17.6. The van der Waals surface area contributed by atoms with Crippen molar-refractivity contribution < 1.29 is 14.6 Å². The van der Waals surface area contributed by atoms with Crippen molar-refractivity contribution in [3.8, 4) is 5.75 Å². The van der Waals surface area contributed by atoms with E-state index in [-0.39, 0.29) is 5.75 Å². The van der Waals surface area contributed by atoms with E-state index in [0.717, 1.165) is 37.0 Å². The van der Waals surface area contributed by atoms with Crippen molar-refractivity contribution >= 4 is 34.8 Å². The topological polar surface area (TPSA) is 108 Å². The molecule has 166 valence electrons. The molecular weight excluding hydrogens is 410 g/mol. The van der Waals surface area contributed by atoms with Gasteiger partial charge in [0.2, 0.25) is 17.8 Å². The molecule has 2 aliphatic heterocycles. The molecule has 0 aliphatic carbocycles. The summed E-state index contributed by atoms with van der Waals surface area (Å²) in [6.45, 7) is 5.44. The first-order valence-corrected chi connectivity index (χ1v) is 10.7. The molecule has 0 bridgehead atoms. The van der Waals surface area contributed by atoms with E-state index in [1.54, 1.807) is 12.3 Å². The van der Waals surface area contributed by atoms with E-state index in [9.17, 15) is 5.11 Å². The number of anilines is 3. The highest BCUT2D eigenvalue weighted by molar-refractivity contribution is 6.02. The van der Waals surface area contributed by atoms with Crippen molar-refractivity contribution in [1.29, 1.82) is 0 Å². The molecule has 0 unspecified atom stereocenters. The number of aromatic hydroxyl groups is 1. The van der Waals surface area contributed by atoms with Gasteiger partial charge in [-0.1, -0.05) is 30.3 Å². The van der Waals surface area contributed by atoms with Gasteiger partial charge in [-0.2, -0.15) is 20.1 Å². The van der Waals surface area contributed by atoms with Crippen LogP contribution in [0.1, 0.15) is 5.56 Å². The number of aromatic nitrogens is 3. The number of nitrogens with zero attached hydrogens (tertiary/aromatic N) is 6. The van der Waals surface area contributed by atoms with Crippen LogP contribution < -0.4 is 15.2 Å². The number of fused-ring (bicyclic) bond motifs is 1. The normalized spacial score (nSPS) is 17.2. The molecule has 0 spiro atoms. The Kier molecular flexibility index (Phi) is 5.95. The summed E-state index contributed by atoms with van der Waals surface area (Å²) >= 11 is 0. The van der Waals surface area contributed by atoms with E-state index in [1.807, 2.05) is 30.3 Å². The molecule has 3 heterocycles. The Morgan fingerprint density at radius 1 is 0.844 bits per heavy atom. The van der Waals surface area contributed by atoms with E-state index in [4.69, 9.17) is 9.47 Å². The van der Waals surface area contributed by atoms with Crippen LogP contribution in [-0.4, -0.2) is 78.9 Å². The lowest BCUT2D eigenvalue weighted by atomic mass is 10.0. The van der Waals surface area contributed by atoms with Crippen molar-refractivity contribution in [2.24, 2.45) is 5.10 Å². The molecular formula is C22H25N7O3. The smallest absolute Gasteiger partial charge is 0.250 e. The van der Waals surface area contributed by atoms with Gasteiger partial charge in [-0.3, -0.25) is 0 Å². The van der Waals surface area contributed by atoms with Crippen molar-refractivity contribution in [2.75, 3.05) is 67.8 Å². The van der Waals surface area contributed by atoms with E-state index >= 15 is 0 Å². The number of phenols is 1. The second kappa shape index (κ2) is 9.33. The molecule has 5 rings (SSSR count). The maximum Gasteiger partial charge on any atom is 0.250 e. The molecule has 2 N–H and O–H groups in total. The summed E-state index contributed by atoms with van der Waals surface area (Å²) in [6.07, 6.45) is 1.59. The first kappa shape index (κ1) is 20.4. The Bertz CT molecular complexity index is 1080. The summed E-state index contributed by atoms with van der Waals surface area (Å²) in [5.74, 6) is 1.69. The van der Waals surface area contributed by atoms with E-state index in [2.05, 4.69) is 35.3 Å². The number of rotatable bonds is 5. The van der Waals surface area contributed by atoms with Gasteiger partial charge >= 0.3 is 0 Å². The minimum atomic E-state index is 0.160. The summed E-state index contributed by atoms with van der Waals surface area (Å²) in [5, 5.41) is 16.6. The summed E-state index contributed by atoms with van der Waals surface area (Å²) in [4.78, 5) is 18.0. The van der Waals surface area contributed by atoms with Crippen LogP contribution in [0.25, 0.3) is 10.8 Å². The first-order valence-electron chi connectivity index (χ1n) is 10.7. The molecule has 0 amide bonds. The van der Waals surface area contributed by atoms with Gasteiger partial charge < -0.3 is 24.4 Å². The predicted octanol–water partition coefficient (Wildman–Crippen LogP) is 1.85. The quantitative estimate of drug-likeness (QED) is 0.458. The summed E-state index contributed by atoms with van der Waals surface area (Å²) in [6, 6.07) is 11.4. The first-order chi connectivity index (χ1) is 15.8. The molecule has 3 aromatic rings. The molecule has 32 heavy (non-hydrogen) atoms. The number of morpholine rings is 2. The standard InChI is InChI=1S/C22H25N7O3/c30-19-6-5-16-3-1-2-4-17(16)18(19)15-23-27-20-24-21(28-7-11-31-12-8-28)26-22(25-20)29-9-13-32-14-10-29/h1-6,15,30H,7-14H2,(H,24,25,26,27)/b23-15-. The Morgan fingerprint density at radius 2 is 1.47 bits per heavy atom. The molecule has 0 atom stereocenters. The van der Waals surface area contributed by atoms with E-state index in [0.29, 0.717) is 49.8 Å². The highest BCUT2D eigenvalue weighted by atomic mass is 16.5. The second-order valence-electron chi connectivity index (χ2n) is 7.55. The second-order valence-corrected chi connectivity index (χ2v) is 7.55. The highest BCUT2D eigenvalue weighted by Crippen LogP contribution is 2.25. The molecule has 2 saturated heterocycles. The van der Waals surface area contributed by atoms with Gasteiger partial charge in [0.05, 0.1) is 32.6 Å². The third-order valence-electron chi connectivity index (χ3n) is 5.51. The van der Waals surface area contributed by atoms with Crippen LogP contribution in [0.3, 0.4) is 0 Å². The lowest BCUT2D eigenvalue weighted by Crippen LogP contribution is -2.40. The fourth-order valence-electron chi connectivity index (χ4n) is 3.79. The number of nitrogens with one attached hydrogen (secondary N) is 1. The predicted molar refractivity (Wildman–Crippen MR) is 123 cm³/mol. The molecule has 0 radical (unpaired) electrons. The van der Waals surface area contributed by atoms with Crippen molar-refractivity contribution in [2.45, 2.75) is 0 Å². The largest absolute Gasteiger partial charge is 0.507 e. The van der Waals surface area contributed by atoms with Crippen LogP contribution in [0.2, 0.25) is 0 Å². The summed E-state index contributed by atoms with van der Waals surface area (Å²) < 4.78 is 10.9. The van der Waals surface area contributed by atoms with Crippen LogP contribution in [-0.2, 0) is 9.47 Å². The fraction of sp³-hybridized carbons (Fsp3) is 0.364. The monoisotopic (exact) mass is 435 g/mol. The van der Waals surface area contributed by atoms with Gasteiger partial charge in [0.25, 0.3) is 0 Å². The molecule has 1 aromatic heterocycles. The van der Waals surface area contributed by atoms with Crippen LogP contribution in [0.4, 0.5) is 17.8 Å². The molecule has 2 aromatic carbocycles. The van der Waals surface area contributed by atoms with Crippen LogP contribution in [0.15, 0.2) is 41.5 Å². The van der Waals surface area contributed by atoms with E-state index in [1.165, 1.54) is 0 Å². The lowest BCUT2D eigenvalue weighted by Gasteiger charge is -2.30. The number of benzene rings is 2. The van der Waals surface area contributed by atoms with Gasteiger partial charge in [-0.25, -0.2) is 5.43 Å². The molecule has 2 aliphatic rings. The lowest BCUT2D eigenvalue weighted by molar-refractivity contribution is 0.121. The Balaban J connectivity index is 1.43. The Hall–Kier alpha value is -3.50. The van der Waals surface area contributed by atoms with Crippen LogP contribution >= 0.6 is 0 Å². The zero-order valence-corrected chi connectivity index (χ0v) is 17.6. The average molecular weight is 435 g/mol. The minimum absolute atomic E-state index is 0.160. The van der Waals surface area contributed by atoms with Crippen molar-refractivity contribution in [3.63, 3.8) is 0 Å². The molecule has 0 saturated carbocycles. The van der Waals surface area contributed by atoms with Gasteiger partial charge in [0, 0.05) is 31.7 Å². The number of hydrazone groups is 1. The minimum Gasteiger partial charge on any atom is -0.507 e. The Morgan fingerprint density at radius 3 is 2.12 bits per heavy atom. The van der Waals surface area contributed by atoms with Gasteiger partial charge in [-0.05, 0) is 16.8 Å². The average Bonchev–Trinajstić information content (AvgIpc) is 2.86. The van der Waals surface area contributed by atoms with Crippen LogP contribution in [0, 0.1) is 0 Å². The number of hydrogen-bond acceptors (Lipinski definition) is 10. The van der Waals surface area contributed by atoms with Crippen LogP contribution in [0.5, 0.6) is 5.75 Å². The van der Waals surface area contributed by atoms with Gasteiger partial charge in [0.15, 0.2) is 0 Å². The number of phenolic OH excluding ortho intramolecular Hbond substituents is 1. The summed E-state index contributed by atoms with van der Waals surface area (Å²) in [7, 11) is 0. The SMILES string of the molecule is Oc1ccc2ccccc2c1/C=N\Nc1nc(N2CCOCC2)nc(N2CCOCC2)n1. The number of ether oxygens (including phenoxy) is 2. The molecule has 2 fully saturated rings. The molecule has 10 heteroatoms. The van der Waals surface area contributed by atoms with Gasteiger partial charge in [-0.15, -0.1) is 0 Å². The van der Waals surface area contributed by atoms with Crippen molar-refractivity contribution in [3.05, 3.63) is 42.0 Å². The van der Waals surface area contributed by atoms with Crippen molar-refractivity contribution in [1.82, 2.24) is 15.0 Å². The maximum absolute atomic E-state index is 10.3. The number of hydrogen-bond donors (Lipinski definition) is 2. The van der Waals surface area contributed by atoms with E-state index < -0.39 is 0 Å². The summed E-state index contributed by atoms with van der Waals surface area (Å²) in [5.41, 5.74) is 3.56.